The van der Waals surface area contributed by atoms with Crippen LogP contribution in [0.4, 0.5) is 11.4 Å². The van der Waals surface area contributed by atoms with Crippen molar-refractivity contribution in [1.82, 2.24) is 9.88 Å². The van der Waals surface area contributed by atoms with E-state index in [0.29, 0.717) is 5.56 Å². The van der Waals surface area contributed by atoms with E-state index in [1.807, 2.05) is 53.2 Å². The summed E-state index contributed by atoms with van der Waals surface area (Å²) in [6.45, 7) is 1.72. The molecule has 0 aliphatic carbocycles. The van der Waals surface area contributed by atoms with Crippen molar-refractivity contribution in [1.29, 1.82) is 0 Å². The zero-order valence-electron chi connectivity index (χ0n) is 13.6. The number of anilines is 2. The highest BCUT2D eigenvalue weighted by atomic mass is 16.2. The van der Waals surface area contributed by atoms with Crippen molar-refractivity contribution in [2.45, 2.75) is 25.7 Å². The van der Waals surface area contributed by atoms with Gasteiger partial charge in [-0.1, -0.05) is 31.0 Å². The molecule has 23 heavy (non-hydrogen) atoms. The first-order chi connectivity index (χ1) is 11.3. The fourth-order valence-corrected chi connectivity index (χ4v) is 2.99. The number of pyridine rings is 1. The van der Waals surface area contributed by atoms with Crippen molar-refractivity contribution in [3.8, 4) is 0 Å². The van der Waals surface area contributed by atoms with Gasteiger partial charge in [-0.15, -0.1) is 0 Å². The van der Waals surface area contributed by atoms with Crippen LogP contribution in [0, 0.1) is 0 Å². The Labute approximate surface area is 137 Å². The minimum atomic E-state index is 0.0997. The van der Waals surface area contributed by atoms with E-state index in [9.17, 15) is 4.79 Å². The van der Waals surface area contributed by atoms with Crippen LogP contribution in [0.1, 0.15) is 36.0 Å². The summed E-state index contributed by atoms with van der Waals surface area (Å²) in [5.74, 6) is 0.0997. The normalized spacial score (nSPS) is 15.1. The molecule has 0 N–H and O–H groups in total. The minimum Gasteiger partial charge on any atom is -0.343 e. The maximum atomic E-state index is 12.7. The number of hydrogen-bond donors (Lipinski definition) is 0. The van der Waals surface area contributed by atoms with Gasteiger partial charge in [-0.3, -0.25) is 9.78 Å². The Bertz CT molecular complexity index is 649. The quantitative estimate of drug-likeness (QED) is 0.863. The molecule has 2 heterocycles. The average molecular weight is 309 g/mol. The van der Waals surface area contributed by atoms with Gasteiger partial charge in [0.1, 0.15) is 0 Å². The van der Waals surface area contributed by atoms with Gasteiger partial charge >= 0.3 is 0 Å². The van der Waals surface area contributed by atoms with Gasteiger partial charge in [-0.2, -0.15) is 0 Å². The molecule has 1 saturated heterocycles. The van der Waals surface area contributed by atoms with E-state index in [1.165, 1.54) is 12.8 Å². The Morgan fingerprint density at radius 1 is 1.00 bits per heavy atom. The van der Waals surface area contributed by atoms with Gasteiger partial charge in [-0.05, 0) is 31.0 Å². The van der Waals surface area contributed by atoms with E-state index in [0.717, 1.165) is 37.3 Å². The molecule has 120 valence electrons. The second-order valence-electron chi connectivity index (χ2n) is 6.03. The Morgan fingerprint density at radius 2 is 1.70 bits per heavy atom. The van der Waals surface area contributed by atoms with Crippen LogP contribution in [0.3, 0.4) is 0 Å². The second-order valence-corrected chi connectivity index (χ2v) is 6.03. The summed E-state index contributed by atoms with van der Waals surface area (Å²) >= 11 is 0. The predicted molar refractivity (Wildman–Crippen MR) is 93.1 cm³/mol. The van der Waals surface area contributed by atoms with Gasteiger partial charge in [0.05, 0.1) is 17.4 Å². The maximum Gasteiger partial charge on any atom is 0.255 e. The van der Waals surface area contributed by atoms with Crippen molar-refractivity contribution in [2.24, 2.45) is 0 Å². The molecule has 0 unspecified atom stereocenters. The molecular weight excluding hydrogens is 286 g/mol. The molecule has 0 radical (unpaired) electrons. The molecule has 1 aliphatic rings. The van der Waals surface area contributed by atoms with Crippen LogP contribution in [-0.4, -0.2) is 35.9 Å². The lowest BCUT2D eigenvalue weighted by atomic mass is 10.2. The fraction of sp³-hybridized carbons (Fsp3) is 0.368. The molecule has 4 nitrogen and oxygen atoms in total. The first-order valence-electron chi connectivity index (χ1n) is 8.29. The van der Waals surface area contributed by atoms with Gasteiger partial charge in [0, 0.05) is 32.0 Å². The maximum absolute atomic E-state index is 12.7. The highest BCUT2D eigenvalue weighted by Gasteiger charge is 2.18. The van der Waals surface area contributed by atoms with Crippen molar-refractivity contribution in [3.05, 3.63) is 54.4 Å². The molecule has 4 heteroatoms. The number of carbonyl (C=O) groups excluding carboxylic acids is 1. The van der Waals surface area contributed by atoms with E-state index in [-0.39, 0.29) is 5.91 Å². The molecule has 1 amide bonds. The summed E-state index contributed by atoms with van der Waals surface area (Å²) in [5.41, 5.74) is 2.68. The third kappa shape index (κ3) is 3.70. The smallest absolute Gasteiger partial charge is 0.255 e. The summed E-state index contributed by atoms with van der Waals surface area (Å²) in [6, 6.07) is 12.0. The molecular formula is C19H23N3O. The molecule has 0 bridgehead atoms. The average Bonchev–Trinajstić information content (AvgIpc) is 2.91. The minimum absolute atomic E-state index is 0.0997. The van der Waals surface area contributed by atoms with E-state index in [4.69, 9.17) is 0 Å². The number of likely N-dealkylation sites (tertiary alicyclic amines) is 1. The molecule has 0 atom stereocenters. The fourth-order valence-electron chi connectivity index (χ4n) is 2.99. The molecule has 2 aromatic rings. The van der Waals surface area contributed by atoms with Gasteiger partial charge < -0.3 is 9.80 Å². The van der Waals surface area contributed by atoms with Crippen LogP contribution < -0.4 is 4.90 Å². The van der Waals surface area contributed by atoms with E-state index in [2.05, 4.69) is 4.98 Å². The highest BCUT2D eigenvalue weighted by molar-refractivity contribution is 5.95. The van der Waals surface area contributed by atoms with Crippen LogP contribution in [0.15, 0.2) is 48.8 Å². The van der Waals surface area contributed by atoms with E-state index >= 15 is 0 Å². The Kier molecular flexibility index (Phi) is 4.91. The van der Waals surface area contributed by atoms with Crippen molar-refractivity contribution >= 4 is 17.3 Å². The first kappa shape index (κ1) is 15.5. The molecule has 3 rings (SSSR count). The number of nitrogens with zero attached hydrogens (tertiary/aromatic N) is 3. The van der Waals surface area contributed by atoms with Crippen molar-refractivity contribution in [3.63, 3.8) is 0 Å². The molecule has 1 aromatic heterocycles. The Hall–Kier alpha value is -2.36. The number of rotatable bonds is 3. The third-order valence-electron chi connectivity index (χ3n) is 4.39. The van der Waals surface area contributed by atoms with Gasteiger partial charge in [0.15, 0.2) is 0 Å². The lowest BCUT2D eigenvalue weighted by molar-refractivity contribution is 0.0761. The van der Waals surface area contributed by atoms with Crippen LogP contribution in [0.5, 0.6) is 0 Å². The van der Waals surface area contributed by atoms with Crippen molar-refractivity contribution in [2.75, 3.05) is 25.0 Å². The summed E-state index contributed by atoms with van der Waals surface area (Å²) < 4.78 is 0. The molecule has 1 fully saturated rings. The Balaban J connectivity index is 1.80. The van der Waals surface area contributed by atoms with Gasteiger partial charge in [0.25, 0.3) is 5.91 Å². The largest absolute Gasteiger partial charge is 0.343 e. The Morgan fingerprint density at radius 3 is 2.39 bits per heavy atom. The number of aromatic nitrogens is 1. The lowest BCUT2D eigenvalue weighted by Gasteiger charge is -2.22. The number of benzene rings is 1. The van der Waals surface area contributed by atoms with Crippen LogP contribution in [0.25, 0.3) is 0 Å². The molecule has 0 spiro atoms. The first-order valence-corrected chi connectivity index (χ1v) is 8.29. The highest BCUT2D eigenvalue weighted by Crippen LogP contribution is 2.23. The molecule has 1 aromatic carbocycles. The predicted octanol–water partition coefficient (Wildman–Crippen LogP) is 3.87. The molecule has 0 saturated carbocycles. The summed E-state index contributed by atoms with van der Waals surface area (Å²) in [6.07, 6.45) is 8.12. The van der Waals surface area contributed by atoms with E-state index in [1.54, 1.807) is 12.4 Å². The third-order valence-corrected chi connectivity index (χ3v) is 4.39. The topological polar surface area (TPSA) is 36.4 Å². The van der Waals surface area contributed by atoms with Crippen molar-refractivity contribution < 1.29 is 4.79 Å². The molecule has 1 aliphatic heterocycles. The second kappa shape index (κ2) is 7.27. The number of para-hydroxylation sites is 1. The summed E-state index contributed by atoms with van der Waals surface area (Å²) in [7, 11) is 1.99. The number of carbonyl (C=O) groups is 1. The number of hydrogen-bond acceptors (Lipinski definition) is 3. The van der Waals surface area contributed by atoms with Crippen LogP contribution in [0.2, 0.25) is 0 Å². The zero-order valence-corrected chi connectivity index (χ0v) is 13.6. The van der Waals surface area contributed by atoms with Gasteiger partial charge in [0.2, 0.25) is 0 Å². The van der Waals surface area contributed by atoms with Gasteiger partial charge in [-0.25, -0.2) is 0 Å². The lowest BCUT2D eigenvalue weighted by Crippen LogP contribution is -2.32. The summed E-state index contributed by atoms with van der Waals surface area (Å²) in [5, 5.41) is 0. The van der Waals surface area contributed by atoms with E-state index < -0.39 is 0 Å². The van der Waals surface area contributed by atoms with Crippen LogP contribution in [-0.2, 0) is 0 Å². The SMILES string of the molecule is CN(c1ccccc1)c1cncc(C(=O)N2CCCCCC2)c1. The standard InChI is InChI=1S/C19H23N3O/c1-21(17-9-5-4-6-10-17)18-13-16(14-20-15-18)19(23)22-11-7-2-3-8-12-22/h4-6,9-10,13-15H,2-3,7-8,11-12H2,1H3. The summed E-state index contributed by atoms with van der Waals surface area (Å²) in [4.78, 5) is 21.0. The zero-order chi connectivity index (χ0) is 16.1. The monoisotopic (exact) mass is 309 g/mol. The van der Waals surface area contributed by atoms with Crippen LogP contribution >= 0.6 is 0 Å². The number of amides is 1.